The smallest absolute Gasteiger partial charge is 0.264 e. The molecule has 0 spiro atoms. The van der Waals surface area contributed by atoms with Gasteiger partial charge in [-0.3, -0.25) is 10.1 Å². The number of halogens is 1. The first-order chi connectivity index (χ1) is 13.8. The predicted octanol–water partition coefficient (Wildman–Crippen LogP) is 5.90. The van der Waals surface area contributed by atoms with Gasteiger partial charge in [-0.15, -0.1) is 11.3 Å². The molecule has 0 fully saturated rings. The highest BCUT2D eigenvalue weighted by Crippen LogP contribution is 2.33. The fourth-order valence-corrected chi connectivity index (χ4v) is 3.86. The lowest BCUT2D eigenvalue weighted by molar-refractivity contribution is -0.118. The molecule has 1 aromatic heterocycles. The summed E-state index contributed by atoms with van der Waals surface area (Å²) >= 11 is 4.87. The van der Waals surface area contributed by atoms with Gasteiger partial charge in [0.05, 0.1) is 12.8 Å². The Balaban J connectivity index is 1.65. The van der Waals surface area contributed by atoms with Crippen LogP contribution in [0.15, 0.2) is 52.3 Å². The zero-order valence-electron chi connectivity index (χ0n) is 16.8. The number of hydrogen-bond acceptors (Lipinski definition) is 5. The van der Waals surface area contributed by atoms with Gasteiger partial charge in [0.25, 0.3) is 5.91 Å². The monoisotopic (exact) mass is 474 g/mol. The number of amides is 1. The molecule has 7 heteroatoms. The summed E-state index contributed by atoms with van der Waals surface area (Å²) in [5.41, 5.74) is 2.65. The summed E-state index contributed by atoms with van der Waals surface area (Å²) in [7, 11) is 1.63. The van der Waals surface area contributed by atoms with Crippen molar-refractivity contribution in [2.75, 3.05) is 19.0 Å². The lowest BCUT2D eigenvalue weighted by Gasteiger charge is -2.23. The molecule has 0 atom stereocenters. The number of anilines is 1. The van der Waals surface area contributed by atoms with Crippen molar-refractivity contribution in [3.05, 3.63) is 57.9 Å². The Kier molecular flexibility index (Phi) is 6.59. The standard InChI is InChI=1S/C22H23BrN2O3S/c1-22(2,3)17-11-15(23)8-9-19(17)28-12-20(26)25-21-24-18(13-29-21)14-6-5-7-16(10-14)27-4/h5-11,13H,12H2,1-4H3,(H,24,25,26). The van der Waals surface area contributed by atoms with Crippen LogP contribution in [0.1, 0.15) is 26.3 Å². The van der Waals surface area contributed by atoms with E-state index in [0.29, 0.717) is 10.9 Å². The topological polar surface area (TPSA) is 60.5 Å². The number of ether oxygens (including phenoxy) is 2. The Labute approximate surface area is 183 Å². The lowest BCUT2D eigenvalue weighted by atomic mass is 9.86. The Morgan fingerprint density at radius 2 is 2.00 bits per heavy atom. The van der Waals surface area contributed by atoms with E-state index < -0.39 is 0 Å². The van der Waals surface area contributed by atoms with Gasteiger partial charge in [0, 0.05) is 21.0 Å². The van der Waals surface area contributed by atoms with E-state index >= 15 is 0 Å². The number of aromatic nitrogens is 1. The van der Waals surface area contributed by atoms with Gasteiger partial charge in [0.1, 0.15) is 11.5 Å². The third kappa shape index (κ3) is 5.58. The molecule has 1 N–H and O–H groups in total. The third-order valence-electron chi connectivity index (χ3n) is 4.22. The van der Waals surface area contributed by atoms with E-state index in [-0.39, 0.29) is 17.9 Å². The van der Waals surface area contributed by atoms with Gasteiger partial charge in [-0.2, -0.15) is 0 Å². The van der Waals surface area contributed by atoms with Crippen LogP contribution in [0.25, 0.3) is 11.3 Å². The zero-order chi connectivity index (χ0) is 21.0. The number of methoxy groups -OCH3 is 1. The molecule has 3 rings (SSSR count). The number of carbonyl (C=O) groups is 1. The van der Waals surface area contributed by atoms with Crippen molar-refractivity contribution >= 4 is 38.3 Å². The molecule has 0 saturated heterocycles. The maximum atomic E-state index is 12.4. The molecule has 0 unspecified atom stereocenters. The Hall–Kier alpha value is -2.38. The van der Waals surface area contributed by atoms with Crippen LogP contribution in [0.5, 0.6) is 11.5 Å². The van der Waals surface area contributed by atoms with E-state index in [2.05, 4.69) is 47.0 Å². The van der Waals surface area contributed by atoms with E-state index in [1.165, 1.54) is 11.3 Å². The molecular weight excluding hydrogens is 452 g/mol. The minimum atomic E-state index is -0.251. The van der Waals surface area contributed by atoms with E-state index in [4.69, 9.17) is 9.47 Å². The minimum Gasteiger partial charge on any atom is -0.497 e. The van der Waals surface area contributed by atoms with Crippen molar-refractivity contribution in [2.24, 2.45) is 0 Å². The fourth-order valence-electron chi connectivity index (χ4n) is 2.76. The highest BCUT2D eigenvalue weighted by molar-refractivity contribution is 9.10. The van der Waals surface area contributed by atoms with Crippen LogP contribution in [-0.2, 0) is 10.2 Å². The number of benzene rings is 2. The molecule has 0 aliphatic heterocycles. The zero-order valence-corrected chi connectivity index (χ0v) is 19.2. The summed E-state index contributed by atoms with van der Waals surface area (Å²) in [6.07, 6.45) is 0. The molecular formula is C22H23BrN2O3S. The first-order valence-corrected chi connectivity index (χ1v) is 10.8. The molecule has 3 aromatic rings. The summed E-state index contributed by atoms with van der Waals surface area (Å²) in [5, 5.41) is 5.23. The highest BCUT2D eigenvalue weighted by Gasteiger charge is 2.20. The number of nitrogens with zero attached hydrogens (tertiary/aromatic N) is 1. The molecule has 29 heavy (non-hydrogen) atoms. The van der Waals surface area contributed by atoms with Crippen LogP contribution in [0.4, 0.5) is 5.13 Å². The van der Waals surface area contributed by atoms with Crippen molar-refractivity contribution < 1.29 is 14.3 Å². The molecule has 0 aliphatic rings. The number of thiazole rings is 1. The van der Waals surface area contributed by atoms with Gasteiger partial charge >= 0.3 is 0 Å². The minimum absolute atomic E-state index is 0.0845. The van der Waals surface area contributed by atoms with Crippen LogP contribution in [0.3, 0.4) is 0 Å². The Morgan fingerprint density at radius 3 is 2.72 bits per heavy atom. The molecule has 0 aliphatic carbocycles. The number of rotatable bonds is 6. The van der Waals surface area contributed by atoms with E-state index in [9.17, 15) is 4.79 Å². The average Bonchev–Trinajstić information content (AvgIpc) is 3.14. The molecule has 1 amide bonds. The van der Waals surface area contributed by atoms with E-state index in [1.807, 2.05) is 47.8 Å². The van der Waals surface area contributed by atoms with Gasteiger partial charge < -0.3 is 9.47 Å². The number of hydrogen-bond donors (Lipinski definition) is 1. The van der Waals surface area contributed by atoms with E-state index in [1.54, 1.807) is 7.11 Å². The van der Waals surface area contributed by atoms with Crippen molar-refractivity contribution in [3.63, 3.8) is 0 Å². The average molecular weight is 475 g/mol. The van der Waals surface area contributed by atoms with Gasteiger partial charge in [-0.25, -0.2) is 4.98 Å². The second-order valence-electron chi connectivity index (χ2n) is 7.50. The van der Waals surface area contributed by atoms with Gasteiger partial charge in [0.2, 0.25) is 0 Å². The van der Waals surface area contributed by atoms with E-state index in [0.717, 1.165) is 27.0 Å². The maximum absolute atomic E-state index is 12.4. The van der Waals surface area contributed by atoms with Crippen molar-refractivity contribution in [1.29, 1.82) is 0 Å². The van der Waals surface area contributed by atoms with Crippen LogP contribution in [0.2, 0.25) is 0 Å². The predicted molar refractivity (Wildman–Crippen MR) is 121 cm³/mol. The maximum Gasteiger partial charge on any atom is 0.264 e. The van der Waals surface area contributed by atoms with Gasteiger partial charge in [-0.05, 0) is 35.7 Å². The van der Waals surface area contributed by atoms with Crippen molar-refractivity contribution in [1.82, 2.24) is 4.98 Å². The summed E-state index contributed by atoms with van der Waals surface area (Å²) < 4.78 is 12.0. The van der Waals surface area contributed by atoms with Gasteiger partial charge in [-0.1, -0.05) is 48.8 Å². The third-order valence-corrected chi connectivity index (χ3v) is 5.48. The fraction of sp³-hybridized carbons (Fsp3) is 0.273. The quantitative estimate of drug-likeness (QED) is 0.483. The van der Waals surface area contributed by atoms with Crippen LogP contribution >= 0.6 is 27.3 Å². The summed E-state index contributed by atoms with van der Waals surface area (Å²) in [6.45, 7) is 6.24. The van der Waals surface area contributed by atoms with Gasteiger partial charge in [0.15, 0.2) is 11.7 Å². The Bertz CT molecular complexity index is 1010. The molecule has 5 nitrogen and oxygen atoms in total. The first-order valence-electron chi connectivity index (χ1n) is 9.09. The summed E-state index contributed by atoms with van der Waals surface area (Å²) in [6, 6.07) is 13.5. The molecule has 0 bridgehead atoms. The second-order valence-corrected chi connectivity index (χ2v) is 9.27. The SMILES string of the molecule is COc1cccc(-c2csc(NC(=O)COc3ccc(Br)cc3C(C)(C)C)n2)c1. The van der Waals surface area contributed by atoms with Crippen molar-refractivity contribution in [2.45, 2.75) is 26.2 Å². The lowest BCUT2D eigenvalue weighted by Crippen LogP contribution is -2.22. The number of carbonyl (C=O) groups excluding carboxylic acids is 1. The highest BCUT2D eigenvalue weighted by atomic mass is 79.9. The molecule has 2 aromatic carbocycles. The summed E-state index contributed by atoms with van der Waals surface area (Å²) in [4.78, 5) is 16.8. The second kappa shape index (κ2) is 8.97. The van der Waals surface area contributed by atoms with Crippen molar-refractivity contribution in [3.8, 4) is 22.8 Å². The molecule has 1 heterocycles. The largest absolute Gasteiger partial charge is 0.497 e. The first kappa shape index (κ1) is 21.3. The molecule has 152 valence electrons. The molecule has 0 saturated carbocycles. The van der Waals surface area contributed by atoms with Crippen LogP contribution in [0, 0.1) is 0 Å². The normalized spacial score (nSPS) is 11.2. The number of nitrogens with one attached hydrogen (secondary N) is 1. The summed E-state index contributed by atoms with van der Waals surface area (Å²) in [5.74, 6) is 1.21. The Morgan fingerprint density at radius 1 is 1.21 bits per heavy atom. The van der Waals surface area contributed by atoms with Crippen LogP contribution < -0.4 is 14.8 Å². The van der Waals surface area contributed by atoms with Crippen LogP contribution in [-0.4, -0.2) is 24.6 Å². The molecule has 0 radical (unpaired) electrons.